The van der Waals surface area contributed by atoms with Gasteiger partial charge in [-0.1, -0.05) is 49.3 Å². The first-order valence-electron chi connectivity index (χ1n) is 7.46. The van der Waals surface area contributed by atoms with Crippen LogP contribution in [0.2, 0.25) is 5.02 Å². The van der Waals surface area contributed by atoms with E-state index >= 15 is 0 Å². The average Bonchev–Trinajstić information content (AvgIpc) is 2.86. The summed E-state index contributed by atoms with van der Waals surface area (Å²) in [5.41, 5.74) is 0.828. The summed E-state index contributed by atoms with van der Waals surface area (Å²) in [6, 6.07) is 7.65. The quantitative estimate of drug-likeness (QED) is 0.809. The number of aromatic nitrogens is 3. The molecule has 2 rings (SSSR count). The summed E-state index contributed by atoms with van der Waals surface area (Å²) in [6.07, 6.45) is 0. The third-order valence-electron chi connectivity index (χ3n) is 3.67. The van der Waals surface area contributed by atoms with Gasteiger partial charge in [0.05, 0.1) is 10.8 Å². The molecular weight excluding hydrogens is 332 g/mol. The lowest BCUT2D eigenvalue weighted by Gasteiger charge is -2.17. The molecule has 0 saturated heterocycles. The number of amides is 1. The van der Waals surface area contributed by atoms with E-state index in [9.17, 15) is 4.79 Å². The summed E-state index contributed by atoms with van der Waals surface area (Å²) < 4.78 is 1.85. The van der Waals surface area contributed by atoms with Crippen LogP contribution in [0, 0.1) is 5.92 Å². The Balaban J connectivity index is 2.03. The summed E-state index contributed by atoms with van der Waals surface area (Å²) >= 11 is 7.57. The lowest BCUT2D eigenvalue weighted by atomic mass is 10.1. The molecule has 1 aromatic heterocycles. The van der Waals surface area contributed by atoms with Crippen molar-refractivity contribution < 1.29 is 4.79 Å². The van der Waals surface area contributed by atoms with Crippen molar-refractivity contribution >= 4 is 29.3 Å². The fourth-order valence-electron chi connectivity index (χ4n) is 1.91. The van der Waals surface area contributed by atoms with Gasteiger partial charge in [0, 0.05) is 18.7 Å². The van der Waals surface area contributed by atoms with E-state index in [1.165, 1.54) is 11.8 Å². The summed E-state index contributed by atoms with van der Waals surface area (Å²) in [5, 5.41) is 12.6. The van der Waals surface area contributed by atoms with Crippen molar-refractivity contribution in [1.29, 1.82) is 0 Å². The molecule has 0 saturated carbocycles. The van der Waals surface area contributed by atoms with E-state index in [4.69, 9.17) is 11.6 Å². The lowest BCUT2D eigenvalue weighted by molar-refractivity contribution is -0.119. The summed E-state index contributed by atoms with van der Waals surface area (Å²) in [6.45, 7) is 6.17. The SMILES string of the molecule is CC(C)[C@@H](C)NC(=O)CSc1nnc(-c2ccccc2Cl)n1C. The number of thioether (sulfide) groups is 1. The number of halogens is 1. The first-order valence-corrected chi connectivity index (χ1v) is 8.83. The van der Waals surface area contributed by atoms with Gasteiger partial charge in [0.1, 0.15) is 0 Å². The van der Waals surface area contributed by atoms with Crippen LogP contribution in [0.1, 0.15) is 20.8 Å². The zero-order valence-electron chi connectivity index (χ0n) is 13.7. The van der Waals surface area contributed by atoms with Gasteiger partial charge in [0.25, 0.3) is 0 Å². The van der Waals surface area contributed by atoms with Crippen molar-refractivity contribution in [2.45, 2.75) is 32.0 Å². The second-order valence-corrected chi connectivity index (χ2v) is 7.08. The standard InChI is InChI=1S/C16H21ClN4OS/c1-10(2)11(3)18-14(22)9-23-16-20-19-15(21(16)4)12-7-5-6-8-13(12)17/h5-8,10-11H,9H2,1-4H3,(H,18,22)/t11-/m1/s1. The third-order valence-corrected chi connectivity index (χ3v) is 5.02. The molecule has 1 heterocycles. The second kappa shape index (κ2) is 7.84. The van der Waals surface area contributed by atoms with Gasteiger partial charge in [-0.2, -0.15) is 0 Å². The zero-order chi connectivity index (χ0) is 17.0. The van der Waals surface area contributed by atoms with Crippen molar-refractivity contribution in [1.82, 2.24) is 20.1 Å². The molecule has 5 nitrogen and oxygen atoms in total. The second-order valence-electron chi connectivity index (χ2n) is 5.73. The first kappa shape index (κ1) is 17.8. The molecule has 7 heteroatoms. The molecule has 0 spiro atoms. The molecule has 0 unspecified atom stereocenters. The fraction of sp³-hybridized carbons (Fsp3) is 0.438. The largest absolute Gasteiger partial charge is 0.353 e. The average molecular weight is 353 g/mol. The first-order chi connectivity index (χ1) is 10.9. The van der Waals surface area contributed by atoms with Gasteiger partial charge in [-0.25, -0.2) is 0 Å². The monoisotopic (exact) mass is 352 g/mol. The molecule has 1 amide bonds. The fourth-order valence-corrected chi connectivity index (χ4v) is 2.85. The number of rotatable bonds is 6. The van der Waals surface area contributed by atoms with Crippen molar-refractivity contribution in [3.05, 3.63) is 29.3 Å². The molecule has 124 valence electrons. The Morgan fingerprint density at radius 2 is 2.00 bits per heavy atom. The maximum atomic E-state index is 12.0. The Morgan fingerprint density at radius 3 is 2.65 bits per heavy atom. The molecule has 0 bridgehead atoms. The molecule has 1 atom stereocenters. The topological polar surface area (TPSA) is 59.8 Å². The van der Waals surface area contributed by atoms with E-state index in [1.807, 2.05) is 42.8 Å². The highest BCUT2D eigenvalue weighted by Crippen LogP contribution is 2.28. The van der Waals surface area contributed by atoms with Gasteiger partial charge in [-0.15, -0.1) is 10.2 Å². The molecule has 23 heavy (non-hydrogen) atoms. The summed E-state index contributed by atoms with van der Waals surface area (Å²) in [4.78, 5) is 12.0. The number of benzene rings is 1. The minimum atomic E-state index is -0.00139. The molecule has 0 aliphatic carbocycles. The normalized spacial score (nSPS) is 12.4. The van der Waals surface area contributed by atoms with Crippen LogP contribution >= 0.6 is 23.4 Å². The minimum absolute atomic E-state index is 0.00139. The minimum Gasteiger partial charge on any atom is -0.353 e. The molecule has 1 aromatic carbocycles. The van der Waals surface area contributed by atoms with Crippen molar-refractivity contribution in [2.24, 2.45) is 13.0 Å². The number of carbonyl (C=O) groups excluding carboxylic acids is 1. The van der Waals surface area contributed by atoms with Crippen LogP contribution in [-0.2, 0) is 11.8 Å². The van der Waals surface area contributed by atoms with Gasteiger partial charge < -0.3 is 9.88 Å². The van der Waals surface area contributed by atoms with Crippen LogP contribution < -0.4 is 5.32 Å². The van der Waals surface area contributed by atoms with Gasteiger partial charge in [0.2, 0.25) is 5.91 Å². The predicted molar refractivity (Wildman–Crippen MR) is 94.6 cm³/mol. The van der Waals surface area contributed by atoms with Crippen LogP contribution in [0.3, 0.4) is 0 Å². The van der Waals surface area contributed by atoms with Gasteiger partial charge in [-0.3, -0.25) is 4.79 Å². The van der Waals surface area contributed by atoms with Gasteiger partial charge in [0.15, 0.2) is 11.0 Å². The number of hydrogen-bond donors (Lipinski definition) is 1. The van der Waals surface area contributed by atoms with E-state index in [0.29, 0.717) is 27.7 Å². The molecule has 0 fully saturated rings. The van der Waals surface area contributed by atoms with Crippen LogP contribution in [0.5, 0.6) is 0 Å². The zero-order valence-corrected chi connectivity index (χ0v) is 15.3. The van der Waals surface area contributed by atoms with Crippen molar-refractivity contribution in [2.75, 3.05) is 5.75 Å². The highest BCUT2D eigenvalue weighted by atomic mass is 35.5. The molecule has 0 aliphatic rings. The van der Waals surface area contributed by atoms with E-state index in [1.54, 1.807) is 0 Å². The third kappa shape index (κ3) is 4.48. The Labute approximate surface area is 145 Å². The predicted octanol–water partition coefficient (Wildman–Crippen LogP) is 3.39. The van der Waals surface area contributed by atoms with Crippen molar-refractivity contribution in [3.63, 3.8) is 0 Å². The maximum absolute atomic E-state index is 12.0. The lowest BCUT2D eigenvalue weighted by Crippen LogP contribution is -2.37. The molecule has 2 aromatic rings. The van der Waals surface area contributed by atoms with E-state index < -0.39 is 0 Å². The van der Waals surface area contributed by atoms with Crippen LogP contribution in [0.15, 0.2) is 29.4 Å². The number of nitrogens with zero attached hydrogens (tertiary/aromatic N) is 3. The van der Waals surface area contributed by atoms with Crippen molar-refractivity contribution in [3.8, 4) is 11.4 Å². The Bertz CT molecular complexity index is 686. The summed E-state index contributed by atoms with van der Waals surface area (Å²) in [7, 11) is 1.87. The highest BCUT2D eigenvalue weighted by Gasteiger charge is 2.16. The van der Waals surface area contributed by atoms with E-state index in [2.05, 4.69) is 29.4 Å². The molecule has 1 N–H and O–H groups in total. The summed E-state index contributed by atoms with van der Waals surface area (Å²) in [5.74, 6) is 1.41. The van der Waals surface area contributed by atoms with Crippen LogP contribution in [0.4, 0.5) is 0 Å². The van der Waals surface area contributed by atoms with E-state index in [-0.39, 0.29) is 11.9 Å². The maximum Gasteiger partial charge on any atom is 0.230 e. The van der Waals surface area contributed by atoms with Gasteiger partial charge >= 0.3 is 0 Å². The Hall–Kier alpha value is -1.53. The molecule has 0 aliphatic heterocycles. The van der Waals surface area contributed by atoms with Crippen LogP contribution in [-0.4, -0.2) is 32.5 Å². The number of carbonyl (C=O) groups is 1. The highest BCUT2D eigenvalue weighted by molar-refractivity contribution is 7.99. The number of nitrogens with one attached hydrogen (secondary N) is 1. The smallest absolute Gasteiger partial charge is 0.230 e. The molecular formula is C16H21ClN4OS. The van der Waals surface area contributed by atoms with Gasteiger partial charge in [-0.05, 0) is 25.0 Å². The molecule has 0 radical (unpaired) electrons. The number of hydrogen-bond acceptors (Lipinski definition) is 4. The Kier molecular flexibility index (Phi) is 6.07. The Morgan fingerprint density at radius 1 is 1.30 bits per heavy atom. The van der Waals surface area contributed by atoms with Crippen LogP contribution in [0.25, 0.3) is 11.4 Å². The van der Waals surface area contributed by atoms with E-state index in [0.717, 1.165) is 5.56 Å².